The zero-order chi connectivity index (χ0) is 26.5. The molecule has 4 aromatic rings. The van der Waals surface area contributed by atoms with Crippen molar-refractivity contribution in [3.8, 4) is 22.6 Å². The van der Waals surface area contributed by atoms with Gasteiger partial charge >= 0.3 is 6.18 Å². The third-order valence-electron chi connectivity index (χ3n) is 6.86. The number of pyridine rings is 1. The van der Waals surface area contributed by atoms with E-state index < -0.39 is 11.7 Å². The largest absolute Gasteiger partial charge is 0.493 e. The number of hydrogen-bond acceptors (Lipinski definition) is 5. The van der Waals surface area contributed by atoms with Crippen LogP contribution in [0.3, 0.4) is 0 Å². The average Bonchev–Trinajstić information content (AvgIpc) is 3.61. The molecule has 0 bridgehead atoms. The summed E-state index contributed by atoms with van der Waals surface area (Å²) in [5.41, 5.74) is 10.4. The number of hydrazine groups is 1. The Morgan fingerprint density at radius 3 is 2.71 bits per heavy atom. The van der Waals surface area contributed by atoms with Crippen LogP contribution in [0.4, 0.5) is 18.9 Å². The molecule has 2 aromatic carbocycles. The molecule has 1 aliphatic carbocycles. The Bertz CT molecular complexity index is 1380. The molecule has 0 atom stereocenters. The SMILES string of the molecule is Cc1ccc(NNCc2cccc(C(F)(F)F)c2)cc1-n1cc(-c2cnccc2OCC2CCCC2)cn1. The van der Waals surface area contributed by atoms with E-state index in [4.69, 9.17) is 4.74 Å². The van der Waals surface area contributed by atoms with Crippen molar-refractivity contribution in [1.29, 1.82) is 0 Å². The zero-order valence-electron chi connectivity index (χ0n) is 21.1. The van der Waals surface area contributed by atoms with Gasteiger partial charge in [0, 0.05) is 36.3 Å². The summed E-state index contributed by atoms with van der Waals surface area (Å²) in [5.74, 6) is 1.41. The van der Waals surface area contributed by atoms with Crippen LogP contribution in [0.25, 0.3) is 16.8 Å². The number of benzene rings is 2. The number of halogens is 3. The number of aryl methyl sites for hydroxylation is 1. The highest BCUT2D eigenvalue weighted by atomic mass is 19.4. The van der Waals surface area contributed by atoms with Crippen LogP contribution in [0.2, 0.25) is 0 Å². The van der Waals surface area contributed by atoms with Crippen molar-refractivity contribution >= 4 is 5.69 Å². The van der Waals surface area contributed by atoms with Crippen molar-refractivity contribution in [2.75, 3.05) is 12.0 Å². The molecule has 0 unspecified atom stereocenters. The predicted octanol–water partition coefficient (Wildman–Crippen LogP) is 6.95. The summed E-state index contributed by atoms with van der Waals surface area (Å²) in [6, 6.07) is 13.0. The minimum Gasteiger partial charge on any atom is -0.493 e. The normalized spacial score (nSPS) is 14.1. The van der Waals surface area contributed by atoms with Gasteiger partial charge in [0.25, 0.3) is 0 Å². The van der Waals surface area contributed by atoms with E-state index in [9.17, 15) is 13.2 Å². The number of anilines is 1. The molecule has 2 heterocycles. The number of ether oxygens (including phenoxy) is 1. The summed E-state index contributed by atoms with van der Waals surface area (Å²) >= 11 is 0. The molecule has 0 radical (unpaired) electrons. The maximum Gasteiger partial charge on any atom is 0.416 e. The lowest BCUT2D eigenvalue weighted by Gasteiger charge is -2.14. The highest BCUT2D eigenvalue weighted by Crippen LogP contribution is 2.32. The van der Waals surface area contributed by atoms with Gasteiger partial charge in [-0.25, -0.2) is 10.1 Å². The Morgan fingerprint density at radius 1 is 1.05 bits per heavy atom. The van der Waals surface area contributed by atoms with E-state index in [-0.39, 0.29) is 6.54 Å². The summed E-state index contributed by atoms with van der Waals surface area (Å²) in [7, 11) is 0. The highest BCUT2D eigenvalue weighted by Gasteiger charge is 2.30. The van der Waals surface area contributed by atoms with Crippen LogP contribution in [0.5, 0.6) is 5.75 Å². The summed E-state index contributed by atoms with van der Waals surface area (Å²) < 4.78 is 46.9. The van der Waals surface area contributed by atoms with Crippen LogP contribution in [0.15, 0.2) is 73.3 Å². The molecule has 198 valence electrons. The van der Waals surface area contributed by atoms with Crippen molar-refractivity contribution in [2.24, 2.45) is 5.92 Å². The highest BCUT2D eigenvalue weighted by molar-refractivity contribution is 5.69. The Balaban J connectivity index is 1.27. The van der Waals surface area contributed by atoms with E-state index in [2.05, 4.69) is 20.9 Å². The maximum atomic E-state index is 13.0. The van der Waals surface area contributed by atoms with Crippen LogP contribution < -0.4 is 15.6 Å². The van der Waals surface area contributed by atoms with Gasteiger partial charge in [0.05, 0.1) is 29.7 Å². The molecule has 0 spiro atoms. The second kappa shape index (κ2) is 11.3. The maximum absolute atomic E-state index is 13.0. The fraction of sp³-hybridized carbons (Fsp3) is 0.310. The standard InChI is InChI=1S/C29H30F3N5O/c1-20-9-10-25(36-34-15-22-7-4-8-24(13-22)29(30,31)32)14-27(20)37-18-23(16-35-37)26-17-33-12-11-28(26)38-19-21-5-2-3-6-21/h4,7-14,16-18,21,34,36H,2-3,5-6,15,19H2,1H3. The molecule has 5 rings (SSSR count). The Kier molecular flexibility index (Phi) is 7.64. The van der Waals surface area contributed by atoms with Gasteiger partial charge in [-0.2, -0.15) is 18.3 Å². The van der Waals surface area contributed by atoms with E-state index in [0.29, 0.717) is 18.1 Å². The molecule has 2 N–H and O–H groups in total. The Hall–Kier alpha value is -3.85. The van der Waals surface area contributed by atoms with E-state index in [0.717, 1.165) is 45.9 Å². The Morgan fingerprint density at radius 2 is 1.89 bits per heavy atom. The number of hydrogen-bond donors (Lipinski definition) is 2. The summed E-state index contributed by atoms with van der Waals surface area (Å²) in [6.45, 7) is 2.94. The lowest BCUT2D eigenvalue weighted by molar-refractivity contribution is -0.137. The van der Waals surface area contributed by atoms with Gasteiger partial charge in [-0.1, -0.05) is 37.1 Å². The molecule has 1 fully saturated rings. The number of alkyl halides is 3. The monoisotopic (exact) mass is 521 g/mol. The number of aromatic nitrogens is 3. The fourth-order valence-electron chi connectivity index (χ4n) is 4.74. The molecular formula is C29H30F3N5O. The van der Waals surface area contributed by atoms with Crippen molar-refractivity contribution in [1.82, 2.24) is 20.2 Å². The smallest absolute Gasteiger partial charge is 0.416 e. The second-order valence-corrected chi connectivity index (χ2v) is 9.68. The molecule has 6 nitrogen and oxygen atoms in total. The molecular weight excluding hydrogens is 491 g/mol. The van der Waals surface area contributed by atoms with Gasteiger partial charge in [-0.05, 0) is 61.1 Å². The predicted molar refractivity (Wildman–Crippen MR) is 141 cm³/mol. The third kappa shape index (κ3) is 6.16. The van der Waals surface area contributed by atoms with E-state index in [1.807, 2.05) is 37.4 Å². The molecule has 9 heteroatoms. The molecule has 1 aliphatic rings. The van der Waals surface area contributed by atoms with Crippen LogP contribution in [0, 0.1) is 12.8 Å². The van der Waals surface area contributed by atoms with Gasteiger partial charge in [-0.15, -0.1) is 0 Å². The lowest BCUT2D eigenvalue weighted by Crippen LogP contribution is -2.21. The minimum atomic E-state index is -4.36. The third-order valence-corrected chi connectivity index (χ3v) is 6.86. The second-order valence-electron chi connectivity index (χ2n) is 9.68. The van der Waals surface area contributed by atoms with Crippen LogP contribution in [-0.4, -0.2) is 21.4 Å². The van der Waals surface area contributed by atoms with Crippen molar-refractivity contribution in [3.05, 3.63) is 90.0 Å². The Labute approximate surface area is 219 Å². The van der Waals surface area contributed by atoms with E-state index in [1.54, 1.807) is 29.3 Å². The number of nitrogens with zero attached hydrogens (tertiary/aromatic N) is 3. The molecule has 0 saturated heterocycles. The number of nitrogens with one attached hydrogen (secondary N) is 2. The van der Waals surface area contributed by atoms with Crippen LogP contribution in [-0.2, 0) is 12.7 Å². The molecule has 2 aromatic heterocycles. The summed E-state index contributed by atoms with van der Waals surface area (Å²) in [5, 5.41) is 4.58. The average molecular weight is 522 g/mol. The van der Waals surface area contributed by atoms with Crippen LogP contribution in [0.1, 0.15) is 42.4 Å². The van der Waals surface area contributed by atoms with Gasteiger partial charge in [0.1, 0.15) is 5.75 Å². The molecule has 0 amide bonds. The van der Waals surface area contributed by atoms with Gasteiger partial charge in [0.2, 0.25) is 0 Å². The van der Waals surface area contributed by atoms with Crippen molar-refractivity contribution < 1.29 is 17.9 Å². The van der Waals surface area contributed by atoms with E-state index >= 15 is 0 Å². The first-order valence-corrected chi connectivity index (χ1v) is 12.7. The first-order chi connectivity index (χ1) is 18.4. The summed E-state index contributed by atoms with van der Waals surface area (Å²) in [4.78, 5) is 4.29. The lowest BCUT2D eigenvalue weighted by atomic mass is 10.1. The van der Waals surface area contributed by atoms with Crippen molar-refractivity contribution in [2.45, 2.75) is 45.3 Å². The van der Waals surface area contributed by atoms with E-state index in [1.165, 1.54) is 31.7 Å². The quantitative estimate of drug-likeness (QED) is 0.234. The van der Waals surface area contributed by atoms with Crippen molar-refractivity contribution in [3.63, 3.8) is 0 Å². The molecule has 0 aliphatic heterocycles. The molecule has 1 saturated carbocycles. The summed E-state index contributed by atoms with van der Waals surface area (Å²) in [6.07, 6.45) is 7.91. The number of rotatable bonds is 9. The molecule has 38 heavy (non-hydrogen) atoms. The topological polar surface area (TPSA) is 64.0 Å². The first-order valence-electron chi connectivity index (χ1n) is 12.7. The fourth-order valence-corrected chi connectivity index (χ4v) is 4.74. The minimum absolute atomic E-state index is 0.226. The van der Waals surface area contributed by atoms with Gasteiger partial charge in [0.15, 0.2) is 0 Å². The zero-order valence-corrected chi connectivity index (χ0v) is 21.1. The first kappa shape index (κ1) is 25.8. The van der Waals surface area contributed by atoms with Crippen LogP contribution >= 0.6 is 0 Å². The van der Waals surface area contributed by atoms with Gasteiger partial charge in [-0.3, -0.25) is 4.98 Å². The van der Waals surface area contributed by atoms with Gasteiger partial charge < -0.3 is 10.2 Å².